The van der Waals surface area contributed by atoms with Crippen LogP contribution >= 0.6 is 0 Å². The molecule has 112 valence electrons. The van der Waals surface area contributed by atoms with Crippen LogP contribution in [0.3, 0.4) is 0 Å². The predicted molar refractivity (Wildman–Crippen MR) is 83.7 cm³/mol. The number of rotatable bonds is 5. The van der Waals surface area contributed by atoms with Gasteiger partial charge in [-0.05, 0) is 37.3 Å². The van der Waals surface area contributed by atoms with E-state index >= 15 is 0 Å². The van der Waals surface area contributed by atoms with Gasteiger partial charge in [0, 0.05) is 13.1 Å². The molecular formula is C17H21NO3. The van der Waals surface area contributed by atoms with Gasteiger partial charge in [-0.1, -0.05) is 31.5 Å². The van der Waals surface area contributed by atoms with Gasteiger partial charge in [-0.3, -0.25) is 4.79 Å². The van der Waals surface area contributed by atoms with Crippen LogP contribution in [-0.2, 0) is 0 Å². The Labute approximate surface area is 124 Å². The minimum atomic E-state index is -0.451. The van der Waals surface area contributed by atoms with Gasteiger partial charge in [0.15, 0.2) is 5.76 Å². The lowest BCUT2D eigenvalue weighted by atomic mass is 10.1. The lowest BCUT2D eigenvalue weighted by Gasteiger charge is -2.20. The summed E-state index contributed by atoms with van der Waals surface area (Å²) >= 11 is 0. The minimum absolute atomic E-state index is 0.123. The van der Waals surface area contributed by atoms with Crippen LogP contribution < -0.4 is 5.63 Å². The molecule has 0 atom stereocenters. The first-order valence-electron chi connectivity index (χ1n) is 7.40. The maximum atomic E-state index is 12.5. The van der Waals surface area contributed by atoms with Crippen molar-refractivity contribution >= 4 is 16.7 Å². The third kappa shape index (κ3) is 3.32. The second-order valence-corrected chi connectivity index (χ2v) is 5.28. The number of nitrogens with zero attached hydrogens (tertiary/aromatic N) is 1. The number of hydrogen-bond donors (Lipinski definition) is 0. The quantitative estimate of drug-likeness (QED) is 0.847. The first-order chi connectivity index (χ1) is 10.1. The molecule has 0 bridgehead atoms. The molecule has 1 amide bonds. The van der Waals surface area contributed by atoms with Gasteiger partial charge in [0.05, 0.1) is 5.39 Å². The van der Waals surface area contributed by atoms with Gasteiger partial charge < -0.3 is 9.32 Å². The van der Waals surface area contributed by atoms with Crippen LogP contribution in [0.15, 0.2) is 33.5 Å². The van der Waals surface area contributed by atoms with Crippen LogP contribution in [-0.4, -0.2) is 23.9 Å². The molecule has 0 aliphatic carbocycles. The lowest BCUT2D eigenvalue weighted by molar-refractivity contribution is 0.0719. The third-order valence-electron chi connectivity index (χ3n) is 3.40. The van der Waals surface area contributed by atoms with Gasteiger partial charge in [0.25, 0.3) is 5.91 Å². The molecule has 4 heteroatoms. The van der Waals surface area contributed by atoms with Crippen LogP contribution in [0.5, 0.6) is 0 Å². The number of carbonyl (C=O) groups is 1. The van der Waals surface area contributed by atoms with Gasteiger partial charge >= 0.3 is 5.63 Å². The SMILES string of the molecule is CCCN(CCC)C(=O)c1cc2ccc(C)cc2c(=O)o1. The molecule has 1 heterocycles. The van der Waals surface area contributed by atoms with Gasteiger partial charge in [-0.2, -0.15) is 0 Å². The van der Waals surface area contributed by atoms with Crippen molar-refractivity contribution < 1.29 is 9.21 Å². The maximum absolute atomic E-state index is 12.5. The molecule has 0 unspecified atom stereocenters. The van der Waals surface area contributed by atoms with E-state index in [0.717, 1.165) is 23.8 Å². The molecular weight excluding hydrogens is 266 g/mol. The summed E-state index contributed by atoms with van der Waals surface area (Å²) in [6.07, 6.45) is 1.76. The van der Waals surface area contributed by atoms with Crippen LogP contribution in [0.4, 0.5) is 0 Å². The Morgan fingerprint density at radius 2 is 1.81 bits per heavy atom. The third-order valence-corrected chi connectivity index (χ3v) is 3.40. The molecule has 0 fully saturated rings. The van der Waals surface area contributed by atoms with E-state index in [4.69, 9.17) is 4.42 Å². The molecule has 2 rings (SSSR count). The summed E-state index contributed by atoms with van der Waals surface area (Å²) in [5.74, 6) is -0.0865. The molecule has 0 aliphatic heterocycles. The van der Waals surface area contributed by atoms with E-state index in [1.165, 1.54) is 0 Å². The normalized spacial score (nSPS) is 10.8. The van der Waals surface area contributed by atoms with E-state index in [-0.39, 0.29) is 11.7 Å². The van der Waals surface area contributed by atoms with Gasteiger partial charge in [0.1, 0.15) is 0 Å². The fourth-order valence-electron chi connectivity index (χ4n) is 2.41. The summed E-state index contributed by atoms with van der Waals surface area (Å²) in [6, 6.07) is 7.22. The molecule has 0 saturated heterocycles. The van der Waals surface area contributed by atoms with Gasteiger partial charge in [0.2, 0.25) is 0 Å². The Balaban J connectivity index is 2.44. The number of benzene rings is 1. The average Bonchev–Trinajstić information content (AvgIpc) is 2.47. The first kappa shape index (κ1) is 15.3. The van der Waals surface area contributed by atoms with E-state index in [0.29, 0.717) is 18.5 Å². The van der Waals surface area contributed by atoms with E-state index in [1.54, 1.807) is 17.0 Å². The monoisotopic (exact) mass is 287 g/mol. The smallest absolute Gasteiger partial charge is 0.344 e. The maximum Gasteiger partial charge on any atom is 0.344 e. The van der Waals surface area contributed by atoms with Gasteiger partial charge in [-0.25, -0.2) is 4.79 Å². The summed E-state index contributed by atoms with van der Waals surface area (Å²) in [5.41, 5.74) is 0.542. The van der Waals surface area contributed by atoms with Crippen molar-refractivity contribution in [1.29, 1.82) is 0 Å². The zero-order valence-electron chi connectivity index (χ0n) is 12.8. The van der Waals surface area contributed by atoms with Crippen molar-refractivity contribution in [2.24, 2.45) is 0 Å². The molecule has 0 saturated carbocycles. The summed E-state index contributed by atoms with van der Waals surface area (Å²) < 4.78 is 5.23. The fourth-order valence-corrected chi connectivity index (χ4v) is 2.41. The number of amides is 1. The molecule has 0 spiro atoms. The Morgan fingerprint density at radius 1 is 1.14 bits per heavy atom. The Hall–Kier alpha value is -2.10. The zero-order chi connectivity index (χ0) is 15.4. The first-order valence-corrected chi connectivity index (χ1v) is 7.40. The molecule has 1 aromatic heterocycles. The second kappa shape index (κ2) is 6.57. The summed E-state index contributed by atoms with van der Waals surface area (Å²) in [6.45, 7) is 7.30. The van der Waals surface area contributed by atoms with E-state index < -0.39 is 5.63 Å². The minimum Gasteiger partial charge on any atom is -0.417 e. The Bertz CT molecular complexity index is 697. The highest BCUT2D eigenvalue weighted by Gasteiger charge is 2.18. The molecule has 0 radical (unpaired) electrons. The van der Waals surface area contributed by atoms with Crippen LogP contribution in [0.1, 0.15) is 42.8 Å². The topological polar surface area (TPSA) is 50.5 Å². The van der Waals surface area contributed by atoms with Crippen molar-refractivity contribution in [3.8, 4) is 0 Å². The van der Waals surface area contributed by atoms with Crippen LogP contribution in [0.2, 0.25) is 0 Å². The summed E-state index contributed by atoms with van der Waals surface area (Å²) in [7, 11) is 0. The largest absolute Gasteiger partial charge is 0.417 e. The number of carbonyl (C=O) groups excluding carboxylic acids is 1. The fraction of sp³-hybridized carbons (Fsp3) is 0.412. The molecule has 21 heavy (non-hydrogen) atoms. The van der Waals surface area contributed by atoms with E-state index in [1.807, 2.05) is 32.9 Å². The number of hydrogen-bond acceptors (Lipinski definition) is 3. The Morgan fingerprint density at radius 3 is 2.43 bits per heavy atom. The molecule has 0 aliphatic rings. The molecule has 0 N–H and O–H groups in total. The highest BCUT2D eigenvalue weighted by Crippen LogP contribution is 2.15. The average molecular weight is 287 g/mol. The van der Waals surface area contributed by atoms with Crippen LogP contribution in [0.25, 0.3) is 10.8 Å². The predicted octanol–water partition coefficient (Wildman–Crippen LogP) is 3.36. The second-order valence-electron chi connectivity index (χ2n) is 5.28. The molecule has 4 nitrogen and oxygen atoms in total. The Kier molecular flexibility index (Phi) is 4.78. The standard InChI is InChI=1S/C17H21NO3/c1-4-8-18(9-5-2)16(19)15-11-13-7-6-12(3)10-14(13)17(20)21-15/h6-7,10-11H,4-5,8-9H2,1-3H3. The highest BCUT2D eigenvalue weighted by molar-refractivity contribution is 5.95. The van der Waals surface area contributed by atoms with Crippen molar-refractivity contribution in [2.75, 3.05) is 13.1 Å². The summed E-state index contributed by atoms with van der Waals surface area (Å²) in [4.78, 5) is 26.3. The van der Waals surface area contributed by atoms with Crippen LogP contribution in [0, 0.1) is 6.92 Å². The van der Waals surface area contributed by atoms with Crippen molar-refractivity contribution in [1.82, 2.24) is 4.90 Å². The number of fused-ring (bicyclic) bond motifs is 1. The number of aryl methyl sites for hydroxylation is 1. The van der Waals surface area contributed by atoms with E-state index in [9.17, 15) is 9.59 Å². The molecule has 2 aromatic rings. The zero-order valence-corrected chi connectivity index (χ0v) is 12.8. The van der Waals surface area contributed by atoms with Crippen molar-refractivity contribution in [3.05, 3.63) is 46.0 Å². The summed E-state index contributed by atoms with van der Waals surface area (Å²) in [5, 5.41) is 1.26. The lowest BCUT2D eigenvalue weighted by Crippen LogP contribution is -2.33. The van der Waals surface area contributed by atoms with Crippen molar-refractivity contribution in [3.63, 3.8) is 0 Å². The van der Waals surface area contributed by atoms with E-state index in [2.05, 4.69) is 0 Å². The molecule has 1 aromatic carbocycles. The highest BCUT2D eigenvalue weighted by atomic mass is 16.4. The van der Waals surface area contributed by atoms with Crippen molar-refractivity contribution in [2.45, 2.75) is 33.6 Å². The van der Waals surface area contributed by atoms with Gasteiger partial charge in [-0.15, -0.1) is 0 Å².